The van der Waals surface area contributed by atoms with E-state index in [0.717, 1.165) is 45.4 Å². The summed E-state index contributed by atoms with van der Waals surface area (Å²) >= 11 is 0. The first-order valence-corrected chi connectivity index (χ1v) is 10.6. The third-order valence-electron chi connectivity index (χ3n) is 6.45. The van der Waals surface area contributed by atoms with Gasteiger partial charge in [-0.05, 0) is 44.9 Å². The number of piperidine rings is 1. The number of methoxy groups -OCH3 is 1. The number of nitrogens with one attached hydrogen (secondary N) is 2. The molecule has 3 unspecified atom stereocenters. The van der Waals surface area contributed by atoms with Crippen molar-refractivity contribution in [2.45, 2.75) is 63.6 Å². The van der Waals surface area contributed by atoms with Crippen molar-refractivity contribution in [3.05, 3.63) is 0 Å². The number of carbonyl (C=O) groups excluding carboxylic acids is 2. The Bertz CT molecular complexity index is 506. The van der Waals surface area contributed by atoms with Crippen LogP contribution in [0.2, 0.25) is 0 Å². The van der Waals surface area contributed by atoms with Crippen molar-refractivity contribution in [2.24, 2.45) is 5.92 Å². The minimum atomic E-state index is -0.148. The van der Waals surface area contributed by atoms with Crippen LogP contribution < -0.4 is 10.6 Å². The summed E-state index contributed by atoms with van der Waals surface area (Å²) in [5.41, 5.74) is 0. The number of rotatable bonds is 8. The summed E-state index contributed by atoms with van der Waals surface area (Å²) in [7, 11) is 1.67. The summed E-state index contributed by atoms with van der Waals surface area (Å²) in [6, 6.07) is 1.13. The van der Waals surface area contributed by atoms with Crippen LogP contribution >= 0.6 is 24.8 Å². The number of ether oxygens (including phenoxy) is 1. The average molecular weight is 453 g/mol. The molecule has 0 saturated carbocycles. The van der Waals surface area contributed by atoms with Crippen molar-refractivity contribution in [1.29, 1.82) is 0 Å². The van der Waals surface area contributed by atoms with Gasteiger partial charge in [-0.2, -0.15) is 0 Å². The van der Waals surface area contributed by atoms with Gasteiger partial charge in [-0.3, -0.25) is 14.5 Å². The molecule has 3 rings (SSSR count). The van der Waals surface area contributed by atoms with E-state index >= 15 is 0 Å². The van der Waals surface area contributed by atoms with Crippen LogP contribution in [-0.2, 0) is 14.3 Å². The zero-order valence-corrected chi connectivity index (χ0v) is 19.4. The summed E-state index contributed by atoms with van der Waals surface area (Å²) in [6.07, 6.45) is 6.39. The Balaban J connectivity index is 0.00000210. The first-order valence-electron chi connectivity index (χ1n) is 10.6. The first-order chi connectivity index (χ1) is 13.1. The van der Waals surface area contributed by atoms with Gasteiger partial charge in [0.25, 0.3) is 0 Å². The fourth-order valence-electron chi connectivity index (χ4n) is 4.82. The fourth-order valence-corrected chi connectivity index (χ4v) is 4.82. The molecule has 2 N–H and O–H groups in total. The Morgan fingerprint density at radius 2 is 1.72 bits per heavy atom. The number of halogens is 2. The zero-order valence-electron chi connectivity index (χ0n) is 17.7. The van der Waals surface area contributed by atoms with Gasteiger partial charge in [0.05, 0.1) is 6.04 Å². The fraction of sp³-hybridized carbons (Fsp3) is 0.900. The van der Waals surface area contributed by atoms with Crippen LogP contribution in [0.5, 0.6) is 0 Å². The molecule has 170 valence electrons. The van der Waals surface area contributed by atoms with Gasteiger partial charge >= 0.3 is 0 Å². The van der Waals surface area contributed by atoms with Crippen LogP contribution in [0, 0.1) is 5.92 Å². The molecule has 2 bridgehead atoms. The Kier molecular flexibility index (Phi) is 11.8. The zero-order chi connectivity index (χ0) is 19.2. The molecule has 0 spiro atoms. The number of fused-ring (bicyclic) bond motifs is 2. The van der Waals surface area contributed by atoms with E-state index in [1.165, 1.54) is 12.8 Å². The van der Waals surface area contributed by atoms with Crippen LogP contribution in [0.4, 0.5) is 0 Å². The van der Waals surface area contributed by atoms with Crippen LogP contribution in [0.15, 0.2) is 0 Å². The molecular weight excluding hydrogens is 415 g/mol. The molecule has 0 aromatic carbocycles. The van der Waals surface area contributed by atoms with Crippen molar-refractivity contribution >= 4 is 36.6 Å². The summed E-state index contributed by atoms with van der Waals surface area (Å²) < 4.78 is 5.00. The summed E-state index contributed by atoms with van der Waals surface area (Å²) in [6.45, 7) is 6.28. The number of piperazine rings is 1. The van der Waals surface area contributed by atoms with E-state index in [2.05, 4.69) is 15.5 Å². The molecule has 0 aliphatic carbocycles. The molecule has 3 aliphatic heterocycles. The normalized spacial score (nSPS) is 27.5. The number of carbonyl (C=O) groups is 2. The number of amides is 2. The topological polar surface area (TPSA) is 73.9 Å². The molecule has 0 aromatic heterocycles. The van der Waals surface area contributed by atoms with Gasteiger partial charge in [-0.25, -0.2) is 0 Å². The highest BCUT2D eigenvalue weighted by atomic mass is 35.5. The molecule has 3 atom stereocenters. The van der Waals surface area contributed by atoms with Gasteiger partial charge in [0.1, 0.15) is 0 Å². The highest BCUT2D eigenvalue weighted by Gasteiger charge is 2.35. The summed E-state index contributed by atoms with van der Waals surface area (Å²) in [4.78, 5) is 29.2. The predicted molar refractivity (Wildman–Crippen MR) is 119 cm³/mol. The van der Waals surface area contributed by atoms with E-state index < -0.39 is 0 Å². The molecule has 3 fully saturated rings. The Labute approximate surface area is 187 Å². The Hall–Kier alpha value is -0.600. The lowest BCUT2D eigenvalue weighted by atomic mass is 9.89. The molecule has 3 heterocycles. The van der Waals surface area contributed by atoms with E-state index in [4.69, 9.17) is 4.74 Å². The monoisotopic (exact) mass is 452 g/mol. The van der Waals surface area contributed by atoms with E-state index in [1.54, 1.807) is 7.11 Å². The maximum Gasteiger partial charge on any atom is 0.237 e. The molecule has 9 heteroatoms. The van der Waals surface area contributed by atoms with Crippen LogP contribution in [-0.4, -0.2) is 86.2 Å². The van der Waals surface area contributed by atoms with Crippen molar-refractivity contribution in [2.75, 3.05) is 46.4 Å². The van der Waals surface area contributed by atoms with Crippen molar-refractivity contribution < 1.29 is 14.3 Å². The minimum Gasteiger partial charge on any atom is -0.385 e. The van der Waals surface area contributed by atoms with Crippen molar-refractivity contribution in [3.8, 4) is 0 Å². The first kappa shape index (κ1) is 26.4. The Morgan fingerprint density at radius 1 is 1.10 bits per heavy atom. The number of nitrogens with zero attached hydrogens (tertiary/aromatic N) is 2. The van der Waals surface area contributed by atoms with Gasteiger partial charge in [0, 0.05) is 64.9 Å². The maximum absolute atomic E-state index is 12.7. The Morgan fingerprint density at radius 3 is 2.31 bits per heavy atom. The van der Waals surface area contributed by atoms with Gasteiger partial charge in [-0.15, -0.1) is 24.8 Å². The quantitative estimate of drug-likeness (QED) is 0.544. The lowest BCUT2D eigenvalue weighted by Crippen LogP contribution is -2.55. The lowest BCUT2D eigenvalue weighted by Gasteiger charge is -2.38. The molecule has 29 heavy (non-hydrogen) atoms. The van der Waals surface area contributed by atoms with Crippen molar-refractivity contribution in [1.82, 2.24) is 20.4 Å². The van der Waals surface area contributed by atoms with Gasteiger partial charge in [0.2, 0.25) is 11.8 Å². The molecule has 7 nitrogen and oxygen atoms in total. The molecule has 0 radical (unpaired) electrons. The maximum atomic E-state index is 12.7. The minimum absolute atomic E-state index is 0. The van der Waals surface area contributed by atoms with E-state index in [0.29, 0.717) is 43.5 Å². The predicted octanol–water partition coefficient (Wildman–Crippen LogP) is 1.44. The van der Waals surface area contributed by atoms with E-state index in [-0.39, 0.29) is 36.8 Å². The second kappa shape index (κ2) is 13.0. The highest BCUT2D eigenvalue weighted by molar-refractivity contribution is 5.85. The summed E-state index contributed by atoms with van der Waals surface area (Å²) in [5.74, 6) is 0.916. The summed E-state index contributed by atoms with van der Waals surface area (Å²) in [5, 5.41) is 6.62. The van der Waals surface area contributed by atoms with Crippen LogP contribution in [0.3, 0.4) is 0 Å². The second-order valence-electron chi connectivity index (χ2n) is 8.41. The van der Waals surface area contributed by atoms with Gasteiger partial charge < -0.3 is 20.3 Å². The third kappa shape index (κ3) is 7.55. The van der Waals surface area contributed by atoms with Gasteiger partial charge in [0.15, 0.2) is 0 Å². The average Bonchev–Trinajstić information content (AvgIpc) is 3.02. The number of hydrogen-bond acceptors (Lipinski definition) is 5. The lowest BCUT2D eigenvalue weighted by molar-refractivity contribution is -0.135. The van der Waals surface area contributed by atoms with E-state index in [9.17, 15) is 9.59 Å². The van der Waals surface area contributed by atoms with Crippen molar-refractivity contribution in [3.63, 3.8) is 0 Å². The molecule has 2 amide bonds. The van der Waals surface area contributed by atoms with E-state index in [1.807, 2.05) is 11.8 Å². The molecule has 0 aromatic rings. The smallest absolute Gasteiger partial charge is 0.237 e. The second-order valence-corrected chi connectivity index (χ2v) is 8.41. The SMILES string of the molecule is COCCCNC(=O)C(C)N1CCN(C(=O)CC2CC3CCC(C2)N3)CC1.Cl.Cl. The van der Waals surface area contributed by atoms with Crippen LogP contribution in [0.25, 0.3) is 0 Å². The van der Waals surface area contributed by atoms with Crippen LogP contribution in [0.1, 0.15) is 45.4 Å². The number of hydrogen-bond donors (Lipinski definition) is 2. The molecular formula is C20H38Cl2N4O3. The highest BCUT2D eigenvalue weighted by Crippen LogP contribution is 2.33. The molecule has 3 saturated heterocycles. The molecule has 3 aliphatic rings. The third-order valence-corrected chi connectivity index (χ3v) is 6.45. The largest absolute Gasteiger partial charge is 0.385 e. The van der Waals surface area contributed by atoms with Gasteiger partial charge in [-0.1, -0.05) is 0 Å². The standard InChI is InChI=1S/C20H36N4O3.2ClH/c1-15(20(26)21-6-3-11-27-2)23-7-9-24(10-8-23)19(25)14-16-12-17-4-5-18(13-16)22-17;;/h15-18,22H,3-14H2,1-2H3,(H,21,26);2*1H.